The van der Waals surface area contributed by atoms with Gasteiger partial charge in [-0.25, -0.2) is 9.37 Å². The molecule has 0 saturated heterocycles. The number of aryl methyl sites for hydroxylation is 1. The van der Waals surface area contributed by atoms with E-state index >= 15 is 0 Å². The predicted molar refractivity (Wildman–Crippen MR) is 85.1 cm³/mol. The quantitative estimate of drug-likeness (QED) is 0.772. The van der Waals surface area contributed by atoms with E-state index < -0.39 is 5.82 Å². The molecule has 1 aromatic carbocycles. The van der Waals surface area contributed by atoms with Crippen LogP contribution in [0.2, 0.25) is 0 Å². The summed E-state index contributed by atoms with van der Waals surface area (Å²) in [5, 5.41) is 3.17. The van der Waals surface area contributed by atoms with Crippen LogP contribution in [0.15, 0.2) is 34.9 Å². The smallest absolute Gasteiger partial charge is 0.256 e. The lowest BCUT2D eigenvalue weighted by Crippen LogP contribution is -2.15. The Morgan fingerprint density at radius 3 is 2.86 bits per heavy atom. The second-order valence-corrected chi connectivity index (χ2v) is 5.69. The topological polar surface area (TPSA) is 34.2 Å². The van der Waals surface area contributed by atoms with Gasteiger partial charge in [0.2, 0.25) is 0 Å². The van der Waals surface area contributed by atoms with Crippen LogP contribution < -0.4 is 10.1 Å². The molecular formula is C16H18BrFN2O. The van der Waals surface area contributed by atoms with E-state index in [2.05, 4.69) is 33.2 Å². The molecule has 1 heterocycles. The van der Waals surface area contributed by atoms with E-state index in [-0.39, 0.29) is 5.88 Å². The second-order valence-electron chi connectivity index (χ2n) is 4.78. The number of halogens is 2. The minimum atomic E-state index is -0.413. The predicted octanol–water partition coefficient (Wildman–Crippen LogP) is 4.58. The van der Waals surface area contributed by atoms with E-state index in [0.717, 1.165) is 23.0 Å². The van der Waals surface area contributed by atoms with Gasteiger partial charge in [-0.1, -0.05) is 22.9 Å². The van der Waals surface area contributed by atoms with E-state index in [9.17, 15) is 4.39 Å². The lowest BCUT2D eigenvalue weighted by Gasteiger charge is -2.11. The maximum absolute atomic E-state index is 14.4. The van der Waals surface area contributed by atoms with Crippen molar-refractivity contribution < 1.29 is 9.13 Å². The van der Waals surface area contributed by atoms with Crippen molar-refractivity contribution in [1.29, 1.82) is 0 Å². The van der Waals surface area contributed by atoms with Gasteiger partial charge in [0.25, 0.3) is 5.88 Å². The Hall–Kier alpha value is -1.46. The van der Waals surface area contributed by atoms with Gasteiger partial charge in [0.05, 0.1) is 0 Å². The molecule has 0 bridgehead atoms. The van der Waals surface area contributed by atoms with E-state index in [1.165, 1.54) is 0 Å². The molecule has 0 aliphatic rings. The second kappa shape index (κ2) is 7.52. The Balaban J connectivity index is 2.18. The fraction of sp³-hybridized carbons (Fsp3) is 0.312. The van der Waals surface area contributed by atoms with Crippen molar-refractivity contribution in [2.24, 2.45) is 0 Å². The number of ether oxygens (including phenoxy) is 1. The van der Waals surface area contributed by atoms with Gasteiger partial charge in [-0.2, -0.15) is 0 Å². The van der Waals surface area contributed by atoms with Crippen LogP contribution in [0.3, 0.4) is 0 Å². The van der Waals surface area contributed by atoms with Crippen LogP contribution in [0.4, 0.5) is 4.39 Å². The van der Waals surface area contributed by atoms with Gasteiger partial charge < -0.3 is 10.1 Å². The van der Waals surface area contributed by atoms with Crippen molar-refractivity contribution in [2.45, 2.75) is 26.8 Å². The summed E-state index contributed by atoms with van der Waals surface area (Å²) >= 11 is 3.39. The highest BCUT2D eigenvalue weighted by Crippen LogP contribution is 2.28. The average Bonchev–Trinajstić information content (AvgIpc) is 2.46. The van der Waals surface area contributed by atoms with Crippen molar-refractivity contribution in [2.75, 3.05) is 6.54 Å². The largest absolute Gasteiger partial charge is 0.436 e. The summed E-state index contributed by atoms with van der Waals surface area (Å²) in [6.07, 6.45) is 2.57. The Bertz CT molecular complexity index is 619. The van der Waals surface area contributed by atoms with E-state index in [0.29, 0.717) is 17.9 Å². The molecule has 0 saturated carbocycles. The van der Waals surface area contributed by atoms with Gasteiger partial charge in [0.15, 0.2) is 5.82 Å². The summed E-state index contributed by atoms with van der Waals surface area (Å²) in [6.45, 7) is 5.30. The molecule has 0 radical (unpaired) electrons. The van der Waals surface area contributed by atoms with Crippen molar-refractivity contribution in [3.63, 3.8) is 0 Å². The molecule has 0 unspecified atom stereocenters. The van der Waals surface area contributed by atoms with Crippen molar-refractivity contribution in [1.82, 2.24) is 10.3 Å². The monoisotopic (exact) mass is 352 g/mol. The number of pyridine rings is 1. The van der Waals surface area contributed by atoms with Crippen molar-refractivity contribution >= 4 is 15.9 Å². The van der Waals surface area contributed by atoms with E-state index in [4.69, 9.17) is 4.74 Å². The third kappa shape index (κ3) is 4.25. The number of aromatic nitrogens is 1. The lowest BCUT2D eigenvalue weighted by atomic mass is 10.2. The van der Waals surface area contributed by atoms with Gasteiger partial charge in [0.1, 0.15) is 5.75 Å². The van der Waals surface area contributed by atoms with Crippen LogP contribution in [0.1, 0.15) is 24.5 Å². The standard InChI is InChI=1S/C16H18BrFN2O/c1-3-7-19-10-12-6-8-20-16(15(12)18)21-14-5-4-13(17)9-11(14)2/h4-6,8-9,19H,3,7,10H2,1-2H3. The molecule has 0 aliphatic heterocycles. The zero-order chi connectivity index (χ0) is 15.2. The number of nitrogens with one attached hydrogen (secondary N) is 1. The van der Waals surface area contributed by atoms with Crippen LogP contribution >= 0.6 is 15.9 Å². The van der Waals surface area contributed by atoms with Crippen molar-refractivity contribution in [3.05, 3.63) is 51.9 Å². The number of nitrogens with zero attached hydrogens (tertiary/aromatic N) is 1. The summed E-state index contributed by atoms with van der Waals surface area (Å²) in [5.74, 6) is 0.197. The molecule has 0 aliphatic carbocycles. The third-order valence-electron chi connectivity index (χ3n) is 3.02. The molecular weight excluding hydrogens is 335 g/mol. The van der Waals surface area contributed by atoms with Gasteiger partial charge in [0, 0.05) is 22.8 Å². The minimum absolute atomic E-state index is 0.0104. The number of hydrogen-bond donors (Lipinski definition) is 1. The molecule has 2 rings (SSSR count). The highest BCUT2D eigenvalue weighted by Gasteiger charge is 2.12. The Labute approximate surface area is 132 Å². The first-order valence-electron chi connectivity index (χ1n) is 6.90. The Kier molecular flexibility index (Phi) is 5.70. The first-order valence-corrected chi connectivity index (χ1v) is 7.69. The van der Waals surface area contributed by atoms with Gasteiger partial charge >= 0.3 is 0 Å². The Morgan fingerprint density at radius 2 is 2.14 bits per heavy atom. The van der Waals surface area contributed by atoms with Crippen LogP contribution in [-0.2, 0) is 6.54 Å². The number of benzene rings is 1. The summed E-state index contributed by atoms with van der Waals surface area (Å²) in [4.78, 5) is 3.99. The number of rotatable bonds is 6. The molecule has 2 aromatic rings. The average molecular weight is 353 g/mol. The molecule has 0 spiro atoms. The molecule has 112 valence electrons. The van der Waals surface area contributed by atoms with Gasteiger partial charge in [-0.05, 0) is 49.7 Å². The van der Waals surface area contributed by atoms with Crippen LogP contribution in [0, 0.1) is 12.7 Å². The summed E-state index contributed by atoms with van der Waals surface area (Å²) in [7, 11) is 0. The molecule has 3 nitrogen and oxygen atoms in total. The minimum Gasteiger partial charge on any atom is -0.436 e. The fourth-order valence-electron chi connectivity index (χ4n) is 1.90. The zero-order valence-electron chi connectivity index (χ0n) is 12.1. The lowest BCUT2D eigenvalue weighted by molar-refractivity contribution is 0.415. The summed E-state index contributed by atoms with van der Waals surface area (Å²) in [6, 6.07) is 7.23. The van der Waals surface area contributed by atoms with Gasteiger partial charge in [-0.15, -0.1) is 0 Å². The molecule has 1 aromatic heterocycles. The molecule has 5 heteroatoms. The first kappa shape index (κ1) is 15.9. The summed E-state index contributed by atoms with van der Waals surface area (Å²) in [5.41, 5.74) is 1.48. The van der Waals surface area contributed by atoms with Crippen LogP contribution in [0.25, 0.3) is 0 Å². The van der Waals surface area contributed by atoms with E-state index in [1.807, 2.05) is 19.1 Å². The van der Waals surface area contributed by atoms with Crippen molar-refractivity contribution in [3.8, 4) is 11.6 Å². The van der Waals surface area contributed by atoms with E-state index in [1.54, 1.807) is 18.3 Å². The maximum Gasteiger partial charge on any atom is 0.256 e. The van der Waals surface area contributed by atoms with Crippen LogP contribution in [-0.4, -0.2) is 11.5 Å². The van der Waals surface area contributed by atoms with Gasteiger partial charge in [-0.3, -0.25) is 0 Å². The molecule has 1 N–H and O–H groups in total. The molecule has 0 fully saturated rings. The highest BCUT2D eigenvalue weighted by molar-refractivity contribution is 9.10. The maximum atomic E-state index is 14.4. The molecule has 21 heavy (non-hydrogen) atoms. The SMILES string of the molecule is CCCNCc1ccnc(Oc2ccc(Br)cc2C)c1F. The highest BCUT2D eigenvalue weighted by atomic mass is 79.9. The normalized spacial score (nSPS) is 10.7. The number of hydrogen-bond acceptors (Lipinski definition) is 3. The molecule has 0 amide bonds. The zero-order valence-corrected chi connectivity index (χ0v) is 13.7. The Morgan fingerprint density at radius 1 is 1.33 bits per heavy atom. The molecule has 0 atom stereocenters. The third-order valence-corrected chi connectivity index (χ3v) is 3.52. The van der Waals surface area contributed by atoms with Crippen LogP contribution in [0.5, 0.6) is 11.6 Å². The summed E-state index contributed by atoms with van der Waals surface area (Å²) < 4.78 is 20.9. The fourth-order valence-corrected chi connectivity index (χ4v) is 2.38. The first-order chi connectivity index (χ1) is 10.1.